The molecule has 0 saturated heterocycles. The van der Waals surface area contributed by atoms with Crippen molar-refractivity contribution in [2.45, 2.75) is 6.61 Å². The molecule has 2 N–H and O–H groups in total. The number of hydrogen-bond donors (Lipinski definition) is 2. The molecule has 0 radical (unpaired) electrons. The Kier molecular flexibility index (Phi) is 3.02. The second-order valence-corrected chi connectivity index (χ2v) is 6.96. The minimum absolute atomic E-state index is 0.241. The zero-order valence-corrected chi connectivity index (χ0v) is 14.0. The highest BCUT2D eigenvalue weighted by molar-refractivity contribution is 7.08. The van der Waals surface area contributed by atoms with E-state index in [0.29, 0.717) is 6.61 Å². The summed E-state index contributed by atoms with van der Waals surface area (Å²) in [5.74, 6) is 1.31. The van der Waals surface area contributed by atoms with E-state index >= 15 is 0 Å². The Bertz CT molecular complexity index is 1110. The zero-order valence-electron chi connectivity index (χ0n) is 13.2. The third kappa shape index (κ3) is 2.18. The van der Waals surface area contributed by atoms with Crippen molar-refractivity contribution in [2.75, 3.05) is 0 Å². The molecule has 0 spiro atoms. The van der Waals surface area contributed by atoms with Gasteiger partial charge >= 0.3 is 0 Å². The lowest BCUT2D eigenvalue weighted by Gasteiger charge is -2.25. The van der Waals surface area contributed by atoms with Crippen LogP contribution < -0.4 is 4.74 Å². The smallest absolute Gasteiger partial charge is 0.136 e. The van der Waals surface area contributed by atoms with Crippen LogP contribution in [0.3, 0.4) is 0 Å². The minimum Gasteiger partial charge on any atom is -0.508 e. The lowest BCUT2D eigenvalue weighted by molar-refractivity contribution is 0.303. The Labute approximate surface area is 148 Å². The molecule has 5 rings (SSSR count). The average Bonchev–Trinajstić information content (AvgIpc) is 3.13. The molecule has 2 heterocycles. The predicted molar refractivity (Wildman–Crippen MR) is 100 cm³/mol. The molecule has 0 bridgehead atoms. The number of rotatable bonds is 1. The van der Waals surface area contributed by atoms with Crippen LogP contribution in [0.5, 0.6) is 17.2 Å². The molecule has 1 aromatic heterocycles. The van der Waals surface area contributed by atoms with Gasteiger partial charge in [-0.05, 0) is 69.1 Å². The first kappa shape index (κ1) is 14.4. The fourth-order valence-corrected chi connectivity index (χ4v) is 4.17. The van der Waals surface area contributed by atoms with Crippen LogP contribution in [0.1, 0.15) is 5.56 Å². The van der Waals surface area contributed by atoms with E-state index in [-0.39, 0.29) is 11.5 Å². The molecule has 122 valence electrons. The second kappa shape index (κ2) is 5.26. The van der Waals surface area contributed by atoms with Gasteiger partial charge < -0.3 is 14.9 Å². The number of benzene rings is 3. The molecule has 1 aliphatic heterocycles. The van der Waals surface area contributed by atoms with Crippen LogP contribution >= 0.6 is 11.3 Å². The fourth-order valence-electron chi connectivity index (χ4n) is 3.52. The van der Waals surface area contributed by atoms with Crippen molar-refractivity contribution < 1.29 is 14.9 Å². The standard InChI is InChI=1S/C21H14O3S/c22-15-3-4-17-14(7-15)10-24-21-19(17)8-12-1-2-16(23)9-18(12)20(21)13-5-6-25-11-13/h1-9,11,22-23H,10H2. The van der Waals surface area contributed by atoms with Crippen molar-refractivity contribution in [1.82, 2.24) is 0 Å². The van der Waals surface area contributed by atoms with Gasteiger partial charge in [-0.25, -0.2) is 0 Å². The Hall–Kier alpha value is -2.98. The molecule has 1 aliphatic rings. The second-order valence-electron chi connectivity index (χ2n) is 6.18. The summed E-state index contributed by atoms with van der Waals surface area (Å²) >= 11 is 1.63. The number of ether oxygens (including phenoxy) is 1. The van der Waals surface area contributed by atoms with Gasteiger partial charge in [0.15, 0.2) is 0 Å². The topological polar surface area (TPSA) is 49.7 Å². The summed E-state index contributed by atoms with van der Waals surface area (Å²) in [5, 5.41) is 25.9. The van der Waals surface area contributed by atoms with Crippen LogP contribution in [0.4, 0.5) is 0 Å². The normalized spacial score (nSPS) is 12.5. The van der Waals surface area contributed by atoms with E-state index in [2.05, 4.69) is 17.5 Å². The Morgan fingerprint density at radius 2 is 1.72 bits per heavy atom. The summed E-state index contributed by atoms with van der Waals surface area (Å²) in [5.41, 5.74) is 5.15. The van der Waals surface area contributed by atoms with Crippen LogP contribution in [0.15, 0.2) is 59.3 Å². The van der Waals surface area contributed by atoms with Crippen LogP contribution in [0, 0.1) is 0 Å². The first-order chi connectivity index (χ1) is 12.2. The summed E-state index contributed by atoms with van der Waals surface area (Å²) in [6.45, 7) is 0.415. The van der Waals surface area contributed by atoms with Gasteiger partial charge in [0.25, 0.3) is 0 Å². The number of phenols is 2. The lowest BCUT2D eigenvalue weighted by atomic mass is 9.89. The highest BCUT2D eigenvalue weighted by Crippen LogP contribution is 2.49. The van der Waals surface area contributed by atoms with Gasteiger partial charge in [0, 0.05) is 16.7 Å². The summed E-state index contributed by atoms with van der Waals surface area (Å²) in [7, 11) is 0. The van der Waals surface area contributed by atoms with Gasteiger partial charge in [0.1, 0.15) is 23.9 Å². The molecule has 0 unspecified atom stereocenters. The van der Waals surface area contributed by atoms with Crippen molar-refractivity contribution in [3.8, 4) is 39.5 Å². The van der Waals surface area contributed by atoms with Crippen LogP contribution in [0.25, 0.3) is 33.0 Å². The van der Waals surface area contributed by atoms with Crippen molar-refractivity contribution in [3.63, 3.8) is 0 Å². The molecular formula is C21H14O3S. The molecule has 0 amide bonds. The third-order valence-corrected chi connectivity index (χ3v) is 5.32. The Morgan fingerprint density at radius 3 is 2.56 bits per heavy atom. The van der Waals surface area contributed by atoms with E-state index in [4.69, 9.17) is 4.74 Å². The number of aromatic hydroxyl groups is 2. The van der Waals surface area contributed by atoms with E-state index in [0.717, 1.165) is 44.3 Å². The minimum atomic E-state index is 0.241. The summed E-state index contributed by atoms with van der Waals surface area (Å²) in [4.78, 5) is 0. The quantitative estimate of drug-likeness (QED) is 0.476. The van der Waals surface area contributed by atoms with Crippen molar-refractivity contribution in [1.29, 1.82) is 0 Å². The summed E-state index contributed by atoms with van der Waals surface area (Å²) < 4.78 is 6.12. The number of hydrogen-bond acceptors (Lipinski definition) is 4. The highest BCUT2D eigenvalue weighted by Gasteiger charge is 2.24. The maximum atomic E-state index is 9.98. The maximum absolute atomic E-state index is 9.98. The van der Waals surface area contributed by atoms with Crippen LogP contribution in [-0.2, 0) is 6.61 Å². The predicted octanol–water partition coefficient (Wildman–Crippen LogP) is 5.54. The molecule has 3 aromatic carbocycles. The monoisotopic (exact) mass is 346 g/mol. The van der Waals surface area contributed by atoms with E-state index in [1.54, 1.807) is 35.6 Å². The summed E-state index contributed by atoms with van der Waals surface area (Å²) in [6.07, 6.45) is 0. The van der Waals surface area contributed by atoms with Gasteiger partial charge in [-0.1, -0.05) is 12.1 Å². The van der Waals surface area contributed by atoms with Crippen LogP contribution in [-0.4, -0.2) is 10.2 Å². The SMILES string of the molecule is Oc1ccc2c(c1)COc1c-2cc2ccc(O)cc2c1-c1ccsc1. The number of fused-ring (bicyclic) bond motifs is 4. The molecule has 0 saturated carbocycles. The Morgan fingerprint density at radius 1 is 0.880 bits per heavy atom. The van der Waals surface area contributed by atoms with Crippen molar-refractivity contribution >= 4 is 22.1 Å². The molecule has 4 aromatic rings. The summed E-state index contributed by atoms with van der Waals surface area (Å²) in [6, 6.07) is 15.0. The highest BCUT2D eigenvalue weighted by atomic mass is 32.1. The molecule has 25 heavy (non-hydrogen) atoms. The molecule has 0 aliphatic carbocycles. The van der Waals surface area contributed by atoms with E-state index in [1.807, 2.05) is 17.5 Å². The molecule has 0 fully saturated rings. The molecular weight excluding hydrogens is 332 g/mol. The van der Waals surface area contributed by atoms with E-state index < -0.39 is 0 Å². The van der Waals surface area contributed by atoms with Gasteiger partial charge in [-0.3, -0.25) is 0 Å². The first-order valence-electron chi connectivity index (χ1n) is 7.98. The lowest BCUT2D eigenvalue weighted by Crippen LogP contribution is -2.06. The van der Waals surface area contributed by atoms with E-state index in [9.17, 15) is 10.2 Å². The van der Waals surface area contributed by atoms with Crippen molar-refractivity contribution in [3.05, 3.63) is 64.9 Å². The molecule has 3 nitrogen and oxygen atoms in total. The van der Waals surface area contributed by atoms with Gasteiger partial charge in [-0.2, -0.15) is 11.3 Å². The average molecular weight is 346 g/mol. The first-order valence-corrected chi connectivity index (χ1v) is 8.92. The van der Waals surface area contributed by atoms with Gasteiger partial charge in [0.2, 0.25) is 0 Å². The maximum Gasteiger partial charge on any atom is 0.136 e. The number of phenolic OH excluding ortho intramolecular Hbond substituents is 2. The molecule has 0 atom stereocenters. The van der Waals surface area contributed by atoms with Gasteiger partial charge in [0.05, 0.1) is 0 Å². The number of thiophene rings is 1. The third-order valence-electron chi connectivity index (χ3n) is 4.64. The van der Waals surface area contributed by atoms with Crippen molar-refractivity contribution in [2.24, 2.45) is 0 Å². The van der Waals surface area contributed by atoms with Gasteiger partial charge in [-0.15, -0.1) is 0 Å². The van der Waals surface area contributed by atoms with E-state index in [1.165, 1.54) is 0 Å². The largest absolute Gasteiger partial charge is 0.508 e. The molecule has 4 heteroatoms. The zero-order chi connectivity index (χ0) is 17.0. The Balaban J connectivity index is 1.91. The fraction of sp³-hybridized carbons (Fsp3) is 0.0476. The van der Waals surface area contributed by atoms with Crippen LogP contribution in [0.2, 0.25) is 0 Å².